The predicted octanol–water partition coefficient (Wildman–Crippen LogP) is 5.72. The van der Waals surface area contributed by atoms with Crippen molar-refractivity contribution in [3.63, 3.8) is 0 Å². The second kappa shape index (κ2) is 6.45. The van der Waals surface area contributed by atoms with Crippen LogP contribution in [-0.4, -0.2) is 6.29 Å². The summed E-state index contributed by atoms with van der Waals surface area (Å²) in [6, 6.07) is 10.6. The van der Waals surface area contributed by atoms with Crippen LogP contribution in [0.25, 0.3) is 5.57 Å². The van der Waals surface area contributed by atoms with Crippen molar-refractivity contribution in [2.24, 2.45) is 0 Å². The fourth-order valence-electron chi connectivity index (χ4n) is 1.90. The van der Waals surface area contributed by atoms with Crippen molar-refractivity contribution in [1.29, 1.82) is 0 Å². The van der Waals surface area contributed by atoms with Crippen LogP contribution in [0.15, 0.2) is 43.0 Å². The van der Waals surface area contributed by atoms with Gasteiger partial charge in [0, 0.05) is 15.6 Å². The Morgan fingerprint density at radius 1 is 1.05 bits per heavy atom. The number of carbonyl (C=O) groups excluding carboxylic acids is 1. The van der Waals surface area contributed by atoms with Gasteiger partial charge in [-0.25, -0.2) is 0 Å². The number of carbonyl (C=O) groups is 1. The maximum Gasteiger partial charge on any atom is 0.151 e. The van der Waals surface area contributed by atoms with E-state index in [-0.39, 0.29) is 0 Å². The molecule has 2 aromatic carbocycles. The van der Waals surface area contributed by atoms with Gasteiger partial charge in [0.05, 0.1) is 5.02 Å². The third-order valence-electron chi connectivity index (χ3n) is 2.88. The fraction of sp³-hybridized carbons (Fsp3) is 0.0625. The summed E-state index contributed by atoms with van der Waals surface area (Å²) in [6.07, 6.45) is 1.34. The summed E-state index contributed by atoms with van der Waals surface area (Å²) in [5, 5.41) is 1.60. The Hall–Kier alpha value is -1.28. The summed E-state index contributed by atoms with van der Waals surface area (Å²) in [5.74, 6) is 0. The van der Waals surface area contributed by atoms with Gasteiger partial charge in [-0.05, 0) is 53.5 Å². The fourth-order valence-corrected chi connectivity index (χ4v) is 2.70. The molecule has 0 radical (unpaired) electrons. The van der Waals surface area contributed by atoms with Crippen molar-refractivity contribution in [1.82, 2.24) is 0 Å². The van der Waals surface area contributed by atoms with Gasteiger partial charge in [-0.15, -0.1) is 0 Å². The highest BCUT2D eigenvalue weighted by atomic mass is 35.5. The lowest BCUT2D eigenvalue weighted by molar-refractivity contribution is 0.112. The predicted molar refractivity (Wildman–Crippen MR) is 86.0 cm³/mol. The van der Waals surface area contributed by atoms with Gasteiger partial charge >= 0.3 is 0 Å². The topological polar surface area (TPSA) is 17.1 Å². The molecule has 0 N–H and O–H groups in total. The average Bonchev–Trinajstić information content (AvgIpc) is 2.37. The van der Waals surface area contributed by atoms with Crippen LogP contribution in [-0.2, 0) is 6.42 Å². The minimum atomic E-state index is 0.419. The van der Waals surface area contributed by atoms with Gasteiger partial charge in [-0.2, -0.15) is 0 Å². The zero-order chi connectivity index (χ0) is 14.7. The first kappa shape index (κ1) is 15.1. The Bertz CT molecular complexity index is 657. The highest BCUT2D eigenvalue weighted by Gasteiger charge is 2.06. The Balaban J connectivity index is 2.23. The van der Waals surface area contributed by atoms with Crippen molar-refractivity contribution < 1.29 is 4.79 Å². The number of hydrogen-bond acceptors (Lipinski definition) is 1. The lowest BCUT2D eigenvalue weighted by Gasteiger charge is -2.08. The van der Waals surface area contributed by atoms with Gasteiger partial charge in [0.2, 0.25) is 0 Å². The molecule has 102 valence electrons. The highest BCUT2D eigenvalue weighted by Crippen LogP contribution is 2.26. The van der Waals surface area contributed by atoms with Gasteiger partial charge in [0.1, 0.15) is 0 Å². The Labute approximate surface area is 132 Å². The van der Waals surface area contributed by atoms with Crippen LogP contribution in [0.4, 0.5) is 0 Å². The normalized spacial score (nSPS) is 10.3. The molecule has 2 aromatic rings. The number of allylic oxidation sites excluding steroid dienone is 1. The van der Waals surface area contributed by atoms with Crippen LogP contribution in [0.1, 0.15) is 21.5 Å². The van der Waals surface area contributed by atoms with Crippen molar-refractivity contribution in [2.75, 3.05) is 0 Å². The molecule has 0 bridgehead atoms. The summed E-state index contributed by atoms with van der Waals surface area (Å²) < 4.78 is 0. The largest absolute Gasteiger partial charge is 0.298 e. The Morgan fingerprint density at radius 3 is 2.25 bits per heavy atom. The van der Waals surface area contributed by atoms with E-state index < -0.39 is 0 Å². The summed E-state index contributed by atoms with van der Waals surface area (Å²) in [4.78, 5) is 10.7. The second-order valence-electron chi connectivity index (χ2n) is 4.41. The molecule has 0 spiro atoms. The summed E-state index contributed by atoms with van der Waals surface area (Å²) in [7, 11) is 0. The number of hydrogen-bond donors (Lipinski definition) is 0. The number of aldehydes is 1. The molecule has 0 unspecified atom stereocenters. The molecular weight excluding hydrogens is 315 g/mol. The molecule has 0 atom stereocenters. The maximum absolute atomic E-state index is 10.7. The van der Waals surface area contributed by atoms with Gasteiger partial charge in [0.25, 0.3) is 0 Å². The molecular formula is C16H11Cl3O. The average molecular weight is 326 g/mol. The quantitative estimate of drug-likeness (QED) is 0.657. The zero-order valence-corrected chi connectivity index (χ0v) is 12.8. The molecule has 0 aliphatic carbocycles. The van der Waals surface area contributed by atoms with E-state index in [4.69, 9.17) is 34.8 Å². The van der Waals surface area contributed by atoms with Crippen molar-refractivity contribution >= 4 is 46.7 Å². The molecule has 0 aliphatic heterocycles. The Kier molecular flexibility index (Phi) is 4.87. The molecule has 0 aliphatic rings. The standard InChI is InChI=1S/C16H11Cl3O/c1-10(4-11-5-14(17)8-15(18)6-11)12-2-3-13(9-20)16(19)7-12/h2-3,5-9H,1,4H2. The van der Waals surface area contributed by atoms with Gasteiger partial charge in [-0.3, -0.25) is 4.79 Å². The minimum absolute atomic E-state index is 0.419. The lowest BCUT2D eigenvalue weighted by atomic mass is 9.99. The van der Waals surface area contributed by atoms with Crippen LogP contribution in [0, 0.1) is 0 Å². The number of rotatable bonds is 4. The van der Waals surface area contributed by atoms with Crippen LogP contribution in [0.3, 0.4) is 0 Å². The van der Waals surface area contributed by atoms with E-state index in [9.17, 15) is 4.79 Å². The third-order valence-corrected chi connectivity index (χ3v) is 3.64. The van der Waals surface area contributed by atoms with Gasteiger partial charge < -0.3 is 0 Å². The van der Waals surface area contributed by atoms with Crippen molar-refractivity contribution in [3.05, 3.63) is 74.7 Å². The molecule has 0 saturated carbocycles. The van der Waals surface area contributed by atoms with E-state index >= 15 is 0 Å². The first-order valence-corrected chi connectivity index (χ1v) is 7.01. The monoisotopic (exact) mass is 324 g/mol. The first-order chi connectivity index (χ1) is 9.49. The molecule has 0 saturated heterocycles. The Morgan fingerprint density at radius 2 is 1.70 bits per heavy atom. The molecule has 20 heavy (non-hydrogen) atoms. The SMILES string of the molecule is C=C(Cc1cc(Cl)cc(Cl)c1)c1ccc(C=O)c(Cl)c1. The van der Waals surface area contributed by atoms with E-state index in [2.05, 4.69) is 6.58 Å². The lowest BCUT2D eigenvalue weighted by Crippen LogP contribution is -1.92. The summed E-state index contributed by atoms with van der Waals surface area (Å²) in [6.45, 7) is 4.04. The van der Waals surface area contributed by atoms with Crippen molar-refractivity contribution in [2.45, 2.75) is 6.42 Å². The van der Waals surface area contributed by atoms with Crippen molar-refractivity contribution in [3.8, 4) is 0 Å². The maximum atomic E-state index is 10.7. The van der Waals surface area contributed by atoms with E-state index in [1.54, 1.807) is 18.2 Å². The van der Waals surface area contributed by atoms with Crippen LogP contribution in [0.5, 0.6) is 0 Å². The van der Waals surface area contributed by atoms with Gasteiger partial charge in [-0.1, -0.05) is 47.4 Å². The van der Waals surface area contributed by atoms with Crippen LogP contribution >= 0.6 is 34.8 Å². The molecule has 1 nitrogen and oxygen atoms in total. The smallest absolute Gasteiger partial charge is 0.151 e. The van der Waals surface area contributed by atoms with E-state index in [1.165, 1.54) is 0 Å². The molecule has 4 heteroatoms. The number of benzene rings is 2. The molecule has 0 fully saturated rings. The van der Waals surface area contributed by atoms with E-state index in [1.807, 2.05) is 18.2 Å². The van der Waals surface area contributed by atoms with E-state index in [0.717, 1.165) is 23.0 Å². The third kappa shape index (κ3) is 3.63. The molecule has 0 aromatic heterocycles. The second-order valence-corrected chi connectivity index (χ2v) is 5.69. The van der Waals surface area contributed by atoms with E-state index in [0.29, 0.717) is 27.1 Å². The molecule has 0 heterocycles. The first-order valence-electron chi connectivity index (χ1n) is 5.87. The molecule has 2 rings (SSSR count). The summed E-state index contributed by atoms with van der Waals surface area (Å²) >= 11 is 18.0. The number of halogens is 3. The highest BCUT2D eigenvalue weighted by molar-refractivity contribution is 6.34. The zero-order valence-electron chi connectivity index (χ0n) is 10.5. The molecule has 0 amide bonds. The van der Waals surface area contributed by atoms with Gasteiger partial charge in [0.15, 0.2) is 6.29 Å². The summed E-state index contributed by atoms with van der Waals surface area (Å²) in [5.41, 5.74) is 3.21. The minimum Gasteiger partial charge on any atom is -0.298 e. The van der Waals surface area contributed by atoms with Crippen LogP contribution in [0.2, 0.25) is 15.1 Å². The van der Waals surface area contributed by atoms with Crippen LogP contribution < -0.4 is 0 Å².